The van der Waals surface area contributed by atoms with Crippen LogP contribution < -0.4 is 5.32 Å². The summed E-state index contributed by atoms with van der Waals surface area (Å²) in [7, 11) is 0. The van der Waals surface area contributed by atoms with E-state index in [-0.39, 0.29) is 23.9 Å². The van der Waals surface area contributed by atoms with Gasteiger partial charge in [0.1, 0.15) is 5.58 Å². The smallest absolute Gasteiger partial charge is 0.230 e. The van der Waals surface area contributed by atoms with Crippen molar-refractivity contribution in [3.05, 3.63) is 53.4 Å². The number of aromatic nitrogens is 1. The van der Waals surface area contributed by atoms with Crippen molar-refractivity contribution in [2.45, 2.75) is 20.3 Å². The number of aromatic hydroxyl groups is 1. The van der Waals surface area contributed by atoms with Gasteiger partial charge in [-0.1, -0.05) is 12.1 Å². The number of hydrogen-bond donors (Lipinski definition) is 2. The van der Waals surface area contributed by atoms with Crippen LogP contribution in [-0.2, 0) is 11.2 Å². The number of anilines is 1. The molecule has 0 atom stereocenters. The number of fused-ring (bicyclic) bond motifs is 1. The topological polar surface area (TPSA) is 75.4 Å². The lowest BCUT2D eigenvalue weighted by Gasteiger charge is -2.05. The Morgan fingerprint density at radius 1 is 1.32 bits per heavy atom. The van der Waals surface area contributed by atoms with Crippen LogP contribution in [0.5, 0.6) is 5.75 Å². The largest absolute Gasteiger partial charge is 0.504 e. The number of benzene rings is 1. The molecule has 5 heteroatoms. The Labute approximate surface area is 127 Å². The van der Waals surface area contributed by atoms with Gasteiger partial charge in [0.2, 0.25) is 5.91 Å². The summed E-state index contributed by atoms with van der Waals surface area (Å²) < 4.78 is 5.59. The molecule has 5 nitrogen and oxygen atoms in total. The molecule has 2 heterocycles. The first kappa shape index (κ1) is 14.1. The SMILES string of the molecule is Cc1ccc2c(CC(=O)Nc3ncccc3O)coc2c1C. The first-order valence-corrected chi connectivity index (χ1v) is 6.96. The number of rotatable bonds is 3. The molecule has 0 saturated heterocycles. The van der Waals surface area contributed by atoms with E-state index in [1.807, 2.05) is 26.0 Å². The molecular formula is C17H16N2O3. The number of carbonyl (C=O) groups is 1. The van der Waals surface area contributed by atoms with Crippen LogP contribution in [0.2, 0.25) is 0 Å². The van der Waals surface area contributed by atoms with Gasteiger partial charge in [0.25, 0.3) is 0 Å². The number of nitrogens with one attached hydrogen (secondary N) is 1. The number of pyridine rings is 1. The molecule has 112 valence electrons. The summed E-state index contributed by atoms with van der Waals surface area (Å²) in [6.07, 6.45) is 3.27. The zero-order valence-corrected chi connectivity index (χ0v) is 12.4. The summed E-state index contributed by atoms with van der Waals surface area (Å²) in [5, 5.41) is 13.2. The molecule has 0 spiro atoms. The van der Waals surface area contributed by atoms with Crippen LogP contribution >= 0.6 is 0 Å². The molecule has 1 amide bonds. The fourth-order valence-electron chi connectivity index (χ4n) is 2.37. The normalized spacial score (nSPS) is 10.8. The second-order valence-corrected chi connectivity index (χ2v) is 5.24. The van der Waals surface area contributed by atoms with Gasteiger partial charge in [0.15, 0.2) is 11.6 Å². The predicted octanol–water partition coefficient (Wildman–Crippen LogP) is 3.33. The van der Waals surface area contributed by atoms with Crippen LogP contribution in [-0.4, -0.2) is 16.0 Å². The van der Waals surface area contributed by atoms with Crippen LogP contribution in [0.4, 0.5) is 5.82 Å². The summed E-state index contributed by atoms with van der Waals surface area (Å²) in [6.45, 7) is 4.02. The van der Waals surface area contributed by atoms with Crippen LogP contribution in [0.15, 0.2) is 41.1 Å². The molecule has 3 aromatic rings. The molecule has 2 N–H and O–H groups in total. The Balaban J connectivity index is 1.83. The Morgan fingerprint density at radius 3 is 2.91 bits per heavy atom. The van der Waals surface area contributed by atoms with Crippen molar-refractivity contribution in [2.24, 2.45) is 0 Å². The number of furan rings is 1. The standard InChI is InChI=1S/C17H16N2O3/c1-10-5-6-13-12(9-22-16(13)11(10)2)8-15(21)19-17-14(20)4-3-7-18-17/h3-7,9,20H,8H2,1-2H3,(H,18,19,21). The fourth-order valence-corrected chi connectivity index (χ4v) is 2.37. The molecule has 3 rings (SSSR count). The molecule has 22 heavy (non-hydrogen) atoms. The Hall–Kier alpha value is -2.82. The van der Waals surface area contributed by atoms with Gasteiger partial charge in [0.05, 0.1) is 12.7 Å². The molecule has 0 radical (unpaired) electrons. The molecule has 0 fully saturated rings. The van der Waals surface area contributed by atoms with E-state index < -0.39 is 0 Å². The first-order valence-electron chi connectivity index (χ1n) is 6.96. The van der Waals surface area contributed by atoms with Gasteiger partial charge in [-0.15, -0.1) is 0 Å². The average molecular weight is 296 g/mol. The average Bonchev–Trinajstić information content (AvgIpc) is 2.89. The summed E-state index contributed by atoms with van der Waals surface area (Å²) in [5.74, 6) is -0.151. The van der Waals surface area contributed by atoms with Crippen molar-refractivity contribution in [1.29, 1.82) is 0 Å². The van der Waals surface area contributed by atoms with Gasteiger partial charge in [-0.25, -0.2) is 4.98 Å². The van der Waals surface area contributed by atoms with Crippen LogP contribution in [0, 0.1) is 13.8 Å². The monoisotopic (exact) mass is 296 g/mol. The fraction of sp³-hybridized carbons (Fsp3) is 0.176. The van der Waals surface area contributed by atoms with E-state index >= 15 is 0 Å². The third-order valence-corrected chi connectivity index (χ3v) is 3.74. The van der Waals surface area contributed by atoms with Crippen molar-refractivity contribution >= 4 is 22.7 Å². The van der Waals surface area contributed by atoms with E-state index in [4.69, 9.17) is 4.42 Å². The lowest BCUT2D eigenvalue weighted by atomic mass is 10.0. The van der Waals surface area contributed by atoms with Gasteiger partial charge in [-0.2, -0.15) is 0 Å². The van der Waals surface area contributed by atoms with Crippen LogP contribution in [0.1, 0.15) is 16.7 Å². The molecule has 0 aliphatic rings. The second kappa shape index (κ2) is 5.52. The van der Waals surface area contributed by atoms with Gasteiger partial charge >= 0.3 is 0 Å². The molecule has 2 aromatic heterocycles. The Morgan fingerprint density at radius 2 is 2.14 bits per heavy atom. The molecule has 0 saturated carbocycles. The zero-order valence-electron chi connectivity index (χ0n) is 12.4. The van der Waals surface area contributed by atoms with Gasteiger partial charge < -0.3 is 14.8 Å². The number of aryl methyl sites for hydroxylation is 2. The Kier molecular flexibility index (Phi) is 3.55. The van der Waals surface area contributed by atoms with Gasteiger partial charge in [-0.3, -0.25) is 4.79 Å². The lowest BCUT2D eigenvalue weighted by molar-refractivity contribution is -0.115. The van der Waals surface area contributed by atoms with E-state index in [2.05, 4.69) is 10.3 Å². The van der Waals surface area contributed by atoms with Crippen molar-refractivity contribution in [2.75, 3.05) is 5.32 Å². The maximum atomic E-state index is 12.1. The number of nitrogens with zero attached hydrogens (tertiary/aromatic N) is 1. The quantitative estimate of drug-likeness (QED) is 0.777. The minimum absolute atomic E-state index is 0.0561. The zero-order chi connectivity index (χ0) is 15.7. The summed E-state index contributed by atoms with van der Waals surface area (Å²) in [4.78, 5) is 16.1. The molecular weight excluding hydrogens is 280 g/mol. The summed E-state index contributed by atoms with van der Waals surface area (Å²) in [6, 6.07) is 7.04. The van der Waals surface area contributed by atoms with Crippen molar-refractivity contribution in [1.82, 2.24) is 4.98 Å². The van der Waals surface area contributed by atoms with E-state index in [1.165, 1.54) is 12.3 Å². The third-order valence-electron chi connectivity index (χ3n) is 3.74. The minimum Gasteiger partial charge on any atom is -0.504 e. The van der Waals surface area contributed by atoms with E-state index in [0.29, 0.717) is 0 Å². The third kappa shape index (κ3) is 2.53. The van der Waals surface area contributed by atoms with Crippen molar-refractivity contribution in [3.8, 4) is 5.75 Å². The highest BCUT2D eigenvalue weighted by Crippen LogP contribution is 2.27. The summed E-state index contributed by atoms with van der Waals surface area (Å²) in [5.41, 5.74) is 3.84. The minimum atomic E-state index is -0.255. The van der Waals surface area contributed by atoms with Crippen molar-refractivity contribution in [3.63, 3.8) is 0 Å². The van der Waals surface area contributed by atoms with Crippen LogP contribution in [0.3, 0.4) is 0 Å². The molecule has 0 aliphatic carbocycles. The number of amides is 1. The van der Waals surface area contributed by atoms with Gasteiger partial charge in [0, 0.05) is 17.1 Å². The predicted molar refractivity (Wildman–Crippen MR) is 83.9 cm³/mol. The summed E-state index contributed by atoms with van der Waals surface area (Å²) >= 11 is 0. The first-order chi connectivity index (χ1) is 10.6. The second-order valence-electron chi connectivity index (χ2n) is 5.24. The number of hydrogen-bond acceptors (Lipinski definition) is 4. The van der Waals surface area contributed by atoms with E-state index in [1.54, 1.807) is 12.3 Å². The molecule has 0 bridgehead atoms. The number of carbonyl (C=O) groups excluding carboxylic acids is 1. The highest BCUT2D eigenvalue weighted by molar-refractivity contribution is 5.96. The lowest BCUT2D eigenvalue weighted by Crippen LogP contribution is -2.15. The van der Waals surface area contributed by atoms with E-state index in [0.717, 1.165) is 27.7 Å². The Bertz CT molecular complexity index is 852. The maximum absolute atomic E-state index is 12.1. The molecule has 0 unspecified atom stereocenters. The highest BCUT2D eigenvalue weighted by atomic mass is 16.3. The van der Waals surface area contributed by atoms with E-state index in [9.17, 15) is 9.90 Å². The highest BCUT2D eigenvalue weighted by Gasteiger charge is 2.14. The maximum Gasteiger partial charge on any atom is 0.230 e. The molecule has 0 aliphatic heterocycles. The van der Waals surface area contributed by atoms with Gasteiger partial charge in [-0.05, 0) is 37.1 Å². The van der Waals surface area contributed by atoms with Crippen molar-refractivity contribution < 1.29 is 14.3 Å². The van der Waals surface area contributed by atoms with Crippen LogP contribution in [0.25, 0.3) is 11.0 Å². The molecule has 1 aromatic carbocycles.